The Labute approximate surface area is 171 Å². The van der Waals surface area contributed by atoms with Crippen molar-refractivity contribution in [1.29, 1.82) is 0 Å². The molecule has 1 aliphatic heterocycles. The van der Waals surface area contributed by atoms with Crippen LogP contribution < -0.4 is 10.2 Å². The maximum atomic E-state index is 13.2. The van der Waals surface area contributed by atoms with E-state index in [0.717, 1.165) is 5.69 Å². The zero-order chi connectivity index (χ0) is 21.6. The van der Waals surface area contributed by atoms with E-state index in [-0.39, 0.29) is 17.5 Å². The fourth-order valence-corrected chi connectivity index (χ4v) is 3.28. The second-order valence-electron chi connectivity index (χ2n) is 7.48. The molecule has 0 bridgehead atoms. The second-order valence-corrected chi connectivity index (χ2v) is 7.48. The van der Waals surface area contributed by atoms with Crippen LogP contribution in [0.4, 0.5) is 11.4 Å². The number of nitrogens with zero attached hydrogens (tertiary/aromatic N) is 5. The number of benzene rings is 1. The SMILES string of the molecule is Cc1ccnc2nc(C(=O)OC(C)C(=O)N3c4ccccc4NC(=O)C3(C)C)nn12. The van der Waals surface area contributed by atoms with Gasteiger partial charge >= 0.3 is 5.97 Å². The van der Waals surface area contributed by atoms with Crippen LogP contribution in [0, 0.1) is 6.92 Å². The Kier molecular flexibility index (Phi) is 4.49. The molecule has 1 unspecified atom stereocenters. The summed E-state index contributed by atoms with van der Waals surface area (Å²) in [6, 6.07) is 8.67. The molecular weight excluding hydrogens is 388 g/mol. The van der Waals surface area contributed by atoms with Crippen LogP contribution in [-0.2, 0) is 14.3 Å². The third-order valence-electron chi connectivity index (χ3n) is 4.97. The highest BCUT2D eigenvalue weighted by atomic mass is 16.5. The van der Waals surface area contributed by atoms with E-state index in [9.17, 15) is 14.4 Å². The van der Waals surface area contributed by atoms with Crippen molar-refractivity contribution >= 4 is 34.9 Å². The lowest BCUT2D eigenvalue weighted by Gasteiger charge is -2.42. The molecule has 1 aromatic carbocycles. The molecule has 1 aliphatic rings. The van der Waals surface area contributed by atoms with Crippen molar-refractivity contribution < 1.29 is 19.1 Å². The van der Waals surface area contributed by atoms with Crippen molar-refractivity contribution in [3.63, 3.8) is 0 Å². The zero-order valence-electron chi connectivity index (χ0n) is 16.9. The highest BCUT2D eigenvalue weighted by Gasteiger charge is 2.45. The van der Waals surface area contributed by atoms with Gasteiger partial charge in [-0.05, 0) is 45.9 Å². The number of ether oxygens (including phenoxy) is 1. The van der Waals surface area contributed by atoms with E-state index in [1.165, 1.54) is 16.3 Å². The first kappa shape index (κ1) is 19.5. The van der Waals surface area contributed by atoms with Gasteiger partial charge in [0.25, 0.3) is 17.5 Å². The largest absolute Gasteiger partial charge is 0.447 e. The Morgan fingerprint density at radius 3 is 2.67 bits per heavy atom. The Balaban J connectivity index is 1.60. The molecular formula is C20H20N6O4. The number of carbonyl (C=O) groups excluding carboxylic acids is 3. The molecule has 0 radical (unpaired) electrons. The summed E-state index contributed by atoms with van der Waals surface area (Å²) in [5, 5.41) is 6.88. The number of hydrogen-bond donors (Lipinski definition) is 1. The fourth-order valence-electron chi connectivity index (χ4n) is 3.28. The predicted octanol–water partition coefficient (Wildman–Crippen LogP) is 1.74. The molecule has 30 heavy (non-hydrogen) atoms. The third kappa shape index (κ3) is 3.06. The summed E-state index contributed by atoms with van der Waals surface area (Å²) in [7, 11) is 0. The highest BCUT2D eigenvalue weighted by Crippen LogP contribution is 2.37. The van der Waals surface area contributed by atoms with Gasteiger partial charge in [0, 0.05) is 11.9 Å². The lowest BCUT2D eigenvalue weighted by molar-refractivity contribution is -0.131. The van der Waals surface area contributed by atoms with E-state index in [4.69, 9.17) is 4.74 Å². The molecule has 1 atom stereocenters. The minimum absolute atomic E-state index is 0.201. The molecule has 1 N–H and O–H groups in total. The molecule has 0 spiro atoms. The quantitative estimate of drug-likeness (QED) is 0.656. The van der Waals surface area contributed by atoms with Gasteiger partial charge in [-0.3, -0.25) is 14.5 Å². The van der Waals surface area contributed by atoms with Crippen molar-refractivity contribution in [3.05, 3.63) is 48.0 Å². The average molecular weight is 408 g/mol. The number of aryl methyl sites for hydroxylation is 1. The van der Waals surface area contributed by atoms with Gasteiger partial charge < -0.3 is 10.1 Å². The molecule has 10 heteroatoms. The molecule has 154 valence electrons. The number of aromatic nitrogens is 4. The number of carbonyl (C=O) groups is 3. The Morgan fingerprint density at radius 2 is 1.93 bits per heavy atom. The number of rotatable bonds is 3. The molecule has 3 aromatic rings. The number of esters is 1. The monoisotopic (exact) mass is 408 g/mol. The molecule has 0 fully saturated rings. The van der Waals surface area contributed by atoms with E-state index >= 15 is 0 Å². The summed E-state index contributed by atoms with van der Waals surface area (Å²) < 4.78 is 6.75. The normalized spacial score (nSPS) is 16.0. The summed E-state index contributed by atoms with van der Waals surface area (Å²) in [6.07, 6.45) is 0.387. The van der Waals surface area contributed by atoms with Crippen molar-refractivity contribution in [2.45, 2.75) is 39.3 Å². The topological polar surface area (TPSA) is 119 Å². The third-order valence-corrected chi connectivity index (χ3v) is 4.97. The number of fused-ring (bicyclic) bond motifs is 2. The fraction of sp³-hybridized carbons (Fsp3) is 0.300. The number of anilines is 2. The number of nitrogens with one attached hydrogen (secondary N) is 1. The minimum atomic E-state index is -1.17. The Bertz CT molecular complexity index is 1190. The van der Waals surface area contributed by atoms with Crippen LogP contribution in [0.5, 0.6) is 0 Å². The van der Waals surface area contributed by atoms with E-state index in [1.54, 1.807) is 57.3 Å². The van der Waals surface area contributed by atoms with Crippen molar-refractivity contribution in [2.75, 3.05) is 10.2 Å². The lowest BCUT2D eigenvalue weighted by Crippen LogP contribution is -2.60. The average Bonchev–Trinajstić information content (AvgIpc) is 3.14. The van der Waals surface area contributed by atoms with Crippen LogP contribution in [0.25, 0.3) is 5.78 Å². The van der Waals surface area contributed by atoms with Gasteiger partial charge in [0.1, 0.15) is 5.54 Å². The molecule has 2 amide bonds. The van der Waals surface area contributed by atoms with E-state index < -0.39 is 23.5 Å². The standard InChI is InChI=1S/C20H20N6O4/c1-11-9-10-21-19-23-15(24-26(11)19)17(28)30-12(2)16(27)25-14-8-6-5-7-13(14)22-18(29)20(25,3)4/h5-10,12H,1-4H3,(H,22,29). The Morgan fingerprint density at radius 1 is 1.20 bits per heavy atom. The van der Waals surface area contributed by atoms with Gasteiger partial charge in [0.2, 0.25) is 5.91 Å². The van der Waals surface area contributed by atoms with Crippen molar-refractivity contribution in [3.8, 4) is 0 Å². The zero-order valence-corrected chi connectivity index (χ0v) is 16.9. The predicted molar refractivity (Wildman–Crippen MR) is 107 cm³/mol. The van der Waals surface area contributed by atoms with Crippen LogP contribution in [-0.4, -0.2) is 49.0 Å². The van der Waals surface area contributed by atoms with Crippen LogP contribution in [0.2, 0.25) is 0 Å². The summed E-state index contributed by atoms with van der Waals surface area (Å²) >= 11 is 0. The summed E-state index contributed by atoms with van der Waals surface area (Å²) in [6.45, 7) is 6.50. The first-order valence-electron chi connectivity index (χ1n) is 9.34. The van der Waals surface area contributed by atoms with Crippen molar-refractivity contribution in [1.82, 2.24) is 19.6 Å². The van der Waals surface area contributed by atoms with E-state index in [0.29, 0.717) is 11.4 Å². The smallest absolute Gasteiger partial charge is 0.379 e. The minimum Gasteiger partial charge on any atom is -0.447 e. The maximum absolute atomic E-state index is 13.2. The maximum Gasteiger partial charge on any atom is 0.379 e. The summed E-state index contributed by atoms with van der Waals surface area (Å²) in [5.74, 6) is -1.67. The van der Waals surface area contributed by atoms with Gasteiger partial charge in [-0.1, -0.05) is 12.1 Å². The molecule has 0 saturated heterocycles. The second kappa shape index (κ2) is 6.90. The molecule has 0 saturated carbocycles. The molecule has 10 nitrogen and oxygen atoms in total. The first-order valence-corrected chi connectivity index (χ1v) is 9.34. The first-order chi connectivity index (χ1) is 14.2. The van der Waals surface area contributed by atoms with Gasteiger partial charge in [0.15, 0.2) is 6.10 Å². The van der Waals surface area contributed by atoms with E-state index in [1.807, 2.05) is 0 Å². The number of hydrogen-bond acceptors (Lipinski definition) is 7. The summed E-state index contributed by atoms with van der Waals surface area (Å²) in [4.78, 5) is 47.8. The van der Waals surface area contributed by atoms with Crippen LogP contribution >= 0.6 is 0 Å². The summed E-state index contributed by atoms with van der Waals surface area (Å²) in [5.41, 5.74) is 0.611. The van der Waals surface area contributed by atoms with Gasteiger partial charge in [-0.2, -0.15) is 4.98 Å². The van der Waals surface area contributed by atoms with Crippen LogP contribution in [0.15, 0.2) is 36.5 Å². The number of para-hydroxylation sites is 2. The van der Waals surface area contributed by atoms with Crippen LogP contribution in [0.3, 0.4) is 0 Å². The Hall–Kier alpha value is -3.82. The van der Waals surface area contributed by atoms with Gasteiger partial charge in [-0.25, -0.2) is 14.3 Å². The van der Waals surface area contributed by atoms with E-state index in [2.05, 4.69) is 20.4 Å². The molecule has 2 aromatic heterocycles. The van der Waals surface area contributed by atoms with Crippen molar-refractivity contribution in [2.24, 2.45) is 0 Å². The molecule has 3 heterocycles. The van der Waals surface area contributed by atoms with Gasteiger partial charge in [0.05, 0.1) is 11.4 Å². The lowest BCUT2D eigenvalue weighted by atomic mass is 9.95. The highest BCUT2D eigenvalue weighted by molar-refractivity contribution is 6.15. The molecule has 0 aliphatic carbocycles. The number of amides is 2. The van der Waals surface area contributed by atoms with Gasteiger partial charge in [-0.15, -0.1) is 5.10 Å². The van der Waals surface area contributed by atoms with Crippen LogP contribution in [0.1, 0.15) is 37.1 Å². The molecule has 4 rings (SSSR count).